The van der Waals surface area contributed by atoms with E-state index < -0.39 is 0 Å². The molecule has 110 valence electrons. The maximum absolute atomic E-state index is 12.3. The predicted molar refractivity (Wildman–Crippen MR) is 86.3 cm³/mol. The van der Waals surface area contributed by atoms with E-state index in [1.807, 2.05) is 6.92 Å². The molecule has 0 aliphatic heterocycles. The molecule has 1 amide bonds. The summed E-state index contributed by atoms with van der Waals surface area (Å²) < 4.78 is 0. The van der Waals surface area contributed by atoms with E-state index in [9.17, 15) is 4.79 Å². The zero-order valence-electron chi connectivity index (χ0n) is 11.6. The molecule has 1 atom stereocenters. The van der Waals surface area contributed by atoms with Crippen LogP contribution in [0.4, 0.5) is 5.13 Å². The van der Waals surface area contributed by atoms with Crippen LogP contribution in [0.5, 0.6) is 0 Å². The summed E-state index contributed by atoms with van der Waals surface area (Å²) >= 11 is 7.57. The van der Waals surface area contributed by atoms with Crippen molar-refractivity contribution in [2.45, 2.75) is 32.2 Å². The van der Waals surface area contributed by atoms with E-state index >= 15 is 0 Å². The summed E-state index contributed by atoms with van der Waals surface area (Å²) in [7, 11) is 0. The van der Waals surface area contributed by atoms with Crippen molar-refractivity contribution < 1.29 is 4.79 Å². The summed E-state index contributed by atoms with van der Waals surface area (Å²) in [5.74, 6) is -0.176. The first-order chi connectivity index (χ1) is 10.0. The molecule has 21 heavy (non-hydrogen) atoms. The molecule has 0 saturated carbocycles. The molecule has 4 nitrogen and oxygen atoms in total. The third kappa shape index (κ3) is 2.95. The molecule has 0 bridgehead atoms. The van der Waals surface area contributed by atoms with Crippen molar-refractivity contribution in [1.82, 2.24) is 4.98 Å². The van der Waals surface area contributed by atoms with E-state index in [4.69, 9.17) is 17.3 Å². The summed E-state index contributed by atoms with van der Waals surface area (Å²) in [6.45, 7) is 1.84. The van der Waals surface area contributed by atoms with Gasteiger partial charge in [-0.1, -0.05) is 17.7 Å². The quantitative estimate of drug-likeness (QED) is 0.892. The highest BCUT2D eigenvalue weighted by atomic mass is 35.5. The molecule has 1 heterocycles. The number of carbonyl (C=O) groups is 1. The second kappa shape index (κ2) is 5.75. The van der Waals surface area contributed by atoms with Gasteiger partial charge in [-0.2, -0.15) is 0 Å². The number of rotatable bonds is 2. The highest BCUT2D eigenvalue weighted by Gasteiger charge is 2.21. The van der Waals surface area contributed by atoms with Crippen LogP contribution in [0, 0.1) is 6.92 Å². The Kier molecular flexibility index (Phi) is 3.97. The van der Waals surface area contributed by atoms with Crippen LogP contribution in [0.1, 0.15) is 32.9 Å². The van der Waals surface area contributed by atoms with Crippen LogP contribution in [0.25, 0.3) is 0 Å². The number of carbonyl (C=O) groups excluding carboxylic acids is 1. The van der Waals surface area contributed by atoms with Crippen LogP contribution in [-0.4, -0.2) is 16.9 Å². The number of anilines is 1. The maximum atomic E-state index is 12.3. The molecule has 1 aromatic heterocycles. The summed E-state index contributed by atoms with van der Waals surface area (Å²) in [5, 5.41) is 4.09. The number of benzene rings is 1. The lowest BCUT2D eigenvalue weighted by atomic mass is 9.99. The number of nitrogens with two attached hydrogens (primary N) is 1. The predicted octanol–water partition coefficient (Wildman–Crippen LogP) is 3.17. The largest absolute Gasteiger partial charge is 0.327 e. The normalized spacial score (nSPS) is 17.4. The summed E-state index contributed by atoms with van der Waals surface area (Å²) in [6, 6.07) is 5.52. The number of thiazole rings is 1. The lowest BCUT2D eigenvalue weighted by molar-refractivity contribution is 0.102. The molecule has 3 N–H and O–H groups in total. The molecule has 1 aromatic carbocycles. The van der Waals surface area contributed by atoms with Crippen molar-refractivity contribution in [2.24, 2.45) is 5.73 Å². The number of aryl methyl sites for hydroxylation is 1. The third-order valence-corrected chi connectivity index (χ3v) is 5.16. The van der Waals surface area contributed by atoms with Crippen LogP contribution in [0.2, 0.25) is 5.02 Å². The average Bonchev–Trinajstić information content (AvgIpc) is 2.83. The summed E-state index contributed by atoms with van der Waals surface area (Å²) in [4.78, 5) is 18.0. The molecule has 0 unspecified atom stereocenters. The van der Waals surface area contributed by atoms with Crippen molar-refractivity contribution in [3.05, 3.63) is 44.9 Å². The van der Waals surface area contributed by atoms with Crippen LogP contribution in [0.3, 0.4) is 0 Å². The second-order valence-electron chi connectivity index (χ2n) is 5.26. The van der Waals surface area contributed by atoms with E-state index in [0.29, 0.717) is 15.7 Å². The van der Waals surface area contributed by atoms with Gasteiger partial charge in [0, 0.05) is 21.5 Å². The van der Waals surface area contributed by atoms with E-state index in [2.05, 4.69) is 10.3 Å². The smallest absolute Gasteiger partial charge is 0.257 e. The van der Waals surface area contributed by atoms with Crippen LogP contribution >= 0.6 is 22.9 Å². The topological polar surface area (TPSA) is 68.0 Å². The van der Waals surface area contributed by atoms with Gasteiger partial charge in [0.25, 0.3) is 5.91 Å². The summed E-state index contributed by atoms with van der Waals surface area (Å²) in [6.07, 6.45) is 2.69. The third-order valence-electron chi connectivity index (χ3n) is 3.71. The monoisotopic (exact) mass is 321 g/mol. The number of aromatic nitrogens is 1. The van der Waals surface area contributed by atoms with Gasteiger partial charge in [0.2, 0.25) is 0 Å². The second-order valence-corrected chi connectivity index (χ2v) is 6.75. The molecule has 1 aliphatic rings. The first-order valence-corrected chi connectivity index (χ1v) is 8.04. The van der Waals surface area contributed by atoms with Crippen molar-refractivity contribution in [3.8, 4) is 0 Å². The van der Waals surface area contributed by atoms with Gasteiger partial charge >= 0.3 is 0 Å². The average molecular weight is 322 g/mol. The Hall–Kier alpha value is -1.43. The molecule has 0 radical (unpaired) electrons. The Morgan fingerprint density at radius 2 is 2.33 bits per heavy atom. The maximum Gasteiger partial charge on any atom is 0.257 e. The van der Waals surface area contributed by atoms with Crippen molar-refractivity contribution >= 4 is 34.0 Å². The van der Waals surface area contributed by atoms with Gasteiger partial charge in [0.1, 0.15) is 0 Å². The van der Waals surface area contributed by atoms with Gasteiger partial charge in [0.15, 0.2) is 5.13 Å². The molecule has 3 rings (SSSR count). The van der Waals surface area contributed by atoms with Gasteiger partial charge in [-0.25, -0.2) is 4.98 Å². The van der Waals surface area contributed by atoms with Crippen molar-refractivity contribution in [1.29, 1.82) is 0 Å². The number of hydrogen-bond donors (Lipinski definition) is 2. The highest BCUT2D eigenvalue weighted by molar-refractivity contribution is 7.15. The van der Waals surface area contributed by atoms with Crippen LogP contribution in [-0.2, 0) is 12.8 Å². The molecule has 2 aromatic rings. The van der Waals surface area contributed by atoms with Gasteiger partial charge in [-0.15, -0.1) is 11.3 Å². The fourth-order valence-corrected chi connectivity index (χ4v) is 3.74. The first-order valence-electron chi connectivity index (χ1n) is 6.85. The fraction of sp³-hybridized carbons (Fsp3) is 0.333. The van der Waals surface area contributed by atoms with Crippen molar-refractivity contribution in [3.63, 3.8) is 0 Å². The van der Waals surface area contributed by atoms with Gasteiger partial charge in [-0.3, -0.25) is 10.1 Å². The van der Waals surface area contributed by atoms with E-state index in [1.165, 1.54) is 16.2 Å². The SMILES string of the molecule is Cc1c(Cl)cccc1C(=O)Nc1nc2c(s1)C[C@@H](N)CC2. The summed E-state index contributed by atoms with van der Waals surface area (Å²) in [5.41, 5.74) is 8.39. The van der Waals surface area contributed by atoms with E-state index in [1.54, 1.807) is 18.2 Å². The molecule has 6 heteroatoms. The van der Waals surface area contributed by atoms with Crippen LogP contribution in [0.15, 0.2) is 18.2 Å². The fourth-order valence-electron chi connectivity index (χ4n) is 2.47. The number of hydrogen-bond acceptors (Lipinski definition) is 4. The Morgan fingerprint density at radius 1 is 1.52 bits per heavy atom. The minimum atomic E-state index is -0.176. The minimum absolute atomic E-state index is 0.176. The Bertz CT molecular complexity index is 698. The molecular weight excluding hydrogens is 306 g/mol. The standard InChI is InChI=1S/C15H16ClN3OS/c1-8-10(3-2-4-11(8)16)14(20)19-15-18-12-6-5-9(17)7-13(12)21-15/h2-4,9H,5-7,17H2,1H3,(H,18,19,20)/t9-/m0/s1. The van der Waals surface area contributed by atoms with Gasteiger partial charge in [0.05, 0.1) is 5.69 Å². The van der Waals surface area contributed by atoms with Gasteiger partial charge < -0.3 is 5.73 Å². The minimum Gasteiger partial charge on any atom is -0.327 e. The van der Waals surface area contributed by atoms with E-state index in [0.717, 1.165) is 30.5 Å². The molecule has 0 fully saturated rings. The lowest BCUT2D eigenvalue weighted by Gasteiger charge is -2.15. The molecule has 0 saturated heterocycles. The number of nitrogens with one attached hydrogen (secondary N) is 1. The highest BCUT2D eigenvalue weighted by Crippen LogP contribution is 2.30. The first kappa shape index (κ1) is 14.5. The molecular formula is C15H16ClN3OS. The van der Waals surface area contributed by atoms with Crippen LogP contribution < -0.4 is 11.1 Å². The number of fused-ring (bicyclic) bond motifs is 1. The number of amides is 1. The van der Waals surface area contributed by atoms with E-state index in [-0.39, 0.29) is 11.9 Å². The number of halogens is 1. The molecule has 0 spiro atoms. The Morgan fingerprint density at radius 3 is 3.14 bits per heavy atom. The zero-order valence-corrected chi connectivity index (χ0v) is 13.2. The molecule has 1 aliphatic carbocycles. The Balaban J connectivity index is 1.81. The number of nitrogens with zero attached hydrogens (tertiary/aromatic N) is 1. The Labute approximate surface area is 132 Å². The van der Waals surface area contributed by atoms with Crippen molar-refractivity contribution in [2.75, 3.05) is 5.32 Å². The zero-order chi connectivity index (χ0) is 15.0. The lowest BCUT2D eigenvalue weighted by Crippen LogP contribution is -2.27. The van der Waals surface area contributed by atoms with Gasteiger partial charge in [-0.05, 0) is 43.9 Å².